The highest BCUT2D eigenvalue weighted by molar-refractivity contribution is 6.30. The van der Waals surface area contributed by atoms with Crippen molar-refractivity contribution in [2.24, 2.45) is 0 Å². The fourth-order valence-electron chi connectivity index (χ4n) is 2.03. The Balaban J connectivity index is 1.77. The van der Waals surface area contributed by atoms with E-state index in [9.17, 15) is 4.79 Å². The predicted octanol–water partition coefficient (Wildman–Crippen LogP) is 3.61. The van der Waals surface area contributed by atoms with Crippen LogP contribution in [-0.2, 0) is 0 Å². The van der Waals surface area contributed by atoms with Gasteiger partial charge < -0.3 is 20.3 Å². The van der Waals surface area contributed by atoms with Crippen LogP contribution in [0.2, 0.25) is 5.02 Å². The normalized spacial score (nSPS) is 10.0. The van der Waals surface area contributed by atoms with Crippen LogP contribution in [0, 0.1) is 0 Å². The standard InChI is InChI=1S/C17H20ClN3O2/c1-21(2)16-9-4-3-8-15(16)20-17(22)19-10-11-23-14-7-5-6-13(18)12-14/h3-9,12H,10-11H2,1-2H3,(H2,19,20,22). The molecule has 5 nitrogen and oxygen atoms in total. The van der Waals surface area contributed by atoms with Crippen molar-refractivity contribution in [2.45, 2.75) is 0 Å². The molecule has 0 spiro atoms. The molecule has 2 amide bonds. The molecule has 0 saturated heterocycles. The lowest BCUT2D eigenvalue weighted by atomic mass is 10.2. The first kappa shape index (κ1) is 17.0. The third-order valence-corrected chi connectivity index (χ3v) is 3.32. The van der Waals surface area contributed by atoms with E-state index in [-0.39, 0.29) is 6.03 Å². The lowest BCUT2D eigenvalue weighted by molar-refractivity contribution is 0.247. The molecule has 0 aromatic heterocycles. The van der Waals surface area contributed by atoms with E-state index in [4.69, 9.17) is 16.3 Å². The molecule has 0 aliphatic heterocycles. The van der Waals surface area contributed by atoms with E-state index >= 15 is 0 Å². The number of amides is 2. The quantitative estimate of drug-likeness (QED) is 0.794. The Kier molecular flexibility index (Phi) is 6.11. The maximum Gasteiger partial charge on any atom is 0.319 e. The third-order valence-electron chi connectivity index (χ3n) is 3.09. The minimum Gasteiger partial charge on any atom is -0.492 e. The van der Waals surface area contributed by atoms with Gasteiger partial charge in [0.05, 0.1) is 17.9 Å². The summed E-state index contributed by atoms with van der Waals surface area (Å²) in [5.74, 6) is 0.678. The zero-order valence-electron chi connectivity index (χ0n) is 13.2. The fourth-order valence-corrected chi connectivity index (χ4v) is 2.21. The summed E-state index contributed by atoms with van der Waals surface area (Å²) in [6.45, 7) is 0.756. The highest BCUT2D eigenvalue weighted by Gasteiger charge is 2.07. The molecule has 2 rings (SSSR count). The fraction of sp³-hybridized carbons (Fsp3) is 0.235. The van der Waals surface area contributed by atoms with Crippen LogP contribution in [0.4, 0.5) is 16.2 Å². The van der Waals surface area contributed by atoms with Crippen LogP contribution in [0.5, 0.6) is 5.75 Å². The summed E-state index contributed by atoms with van der Waals surface area (Å²) in [5, 5.41) is 6.21. The molecular formula is C17H20ClN3O2. The molecule has 122 valence electrons. The smallest absolute Gasteiger partial charge is 0.319 e. The minimum absolute atomic E-state index is 0.269. The molecule has 0 fully saturated rings. The van der Waals surface area contributed by atoms with Crippen LogP contribution in [0.1, 0.15) is 0 Å². The SMILES string of the molecule is CN(C)c1ccccc1NC(=O)NCCOc1cccc(Cl)c1. The number of nitrogens with one attached hydrogen (secondary N) is 2. The van der Waals surface area contributed by atoms with Gasteiger partial charge in [0.15, 0.2) is 0 Å². The molecule has 0 heterocycles. The van der Waals surface area contributed by atoms with Crippen molar-refractivity contribution >= 4 is 29.0 Å². The van der Waals surface area contributed by atoms with Crippen molar-refractivity contribution in [1.82, 2.24) is 5.32 Å². The van der Waals surface area contributed by atoms with Crippen molar-refractivity contribution < 1.29 is 9.53 Å². The number of carbonyl (C=O) groups excluding carboxylic acids is 1. The second kappa shape index (κ2) is 8.29. The van der Waals surface area contributed by atoms with Crippen molar-refractivity contribution in [3.8, 4) is 5.75 Å². The number of halogens is 1. The Morgan fingerprint density at radius 3 is 2.70 bits per heavy atom. The molecule has 0 aliphatic rings. The van der Waals surface area contributed by atoms with Gasteiger partial charge in [-0.15, -0.1) is 0 Å². The molecule has 6 heteroatoms. The second-order valence-corrected chi connectivity index (χ2v) is 5.53. The first-order chi connectivity index (χ1) is 11.1. The van der Waals surface area contributed by atoms with Gasteiger partial charge in [-0.3, -0.25) is 0 Å². The molecule has 0 aliphatic carbocycles. The van der Waals surface area contributed by atoms with Gasteiger partial charge >= 0.3 is 6.03 Å². The van der Waals surface area contributed by atoms with Gasteiger partial charge in [0.2, 0.25) is 0 Å². The Morgan fingerprint density at radius 1 is 1.17 bits per heavy atom. The van der Waals surface area contributed by atoms with Crippen LogP contribution >= 0.6 is 11.6 Å². The summed E-state index contributed by atoms with van der Waals surface area (Å²) in [6.07, 6.45) is 0. The van der Waals surface area contributed by atoms with Gasteiger partial charge in [-0.1, -0.05) is 29.8 Å². The number of rotatable bonds is 6. The van der Waals surface area contributed by atoms with E-state index in [1.165, 1.54) is 0 Å². The van der Waals surface area contributed by atoms with Crippen LogP contribution in [0.3, 0.4) is 0 Å². The van der Waals surface area contributed by atoms with Gasteiger partial charge in [-0.2, -0.15) is 0 Å². The molecule has 0 unspecified atom stereocenters. The molecule has 0 saturated carbocycles. The largest absolute Gasteiger partial charge is 0.492 e. The summed E-state index contributed by atoms with van der Waals surface area (Å²) >= 11 is 5.87. The molecule has 0 bridgehead atoms. The van der Waals surface area contributed by atoms with E-state index in [0.29, 0.717) is 23.9 Å². The Labute approximate surface area is 141 Å². The summed E-state index contributed by atoms with van der Waals surface area (Å²) in [6, 6.07) is 14.5. The van der Waals surface area contributed by atoms with Gasteiger partial charge in [0.25, 0.3) is 0 Å². The van der Waals surface area contributed by atoms with E-state index in [0.717, 1.165) is 11.4 Å². The van der Waals surface area contributed by atoms with E-state index in [1.807, 2.05) is 55.4 Å². The lowest BCUT2D eigenvalue weighted by Crippen LogP contribution is -2.32. The topological polar surface area (TPSA) is 53.6 Å². The summed E-state index contributed by atoms with van der Waals surface area (Å²) in [5.41, 5.74) is 1.70. The van der Waals surface area contributed by atoms with Gasteiger partial charge in [-0.05, 0) is 30.3 Å². The average molecular weight is 334 g/mol. The Hall–Kier alpha value is -2.40. The minimum atomic E-state index is -0.269. The maximum atomic E-state index is 11.9. The number of para-hydroxylation sites is 2. The lowest BCUT2D eigenvalue weighted by Gasteiger charge is -2.18. The van der Waals surface area contributed by atoms with Crippen molar-refractivity contribution in [2.75, 3.05) is 37.5 Å². The number of nitrogens with zero attached hydrogens (tertiary/aromatic N) is 1. The van der Waals surface area contributed by atoms with Crippen molar-refractivity contribution in [3.05, 3.63) is 53.6 Å². The van der Waals surface area contributed by atoms with Crippen molar-refractivity contribution in [1.29, 1.82) is 0 Å². The Bertz CT molecular complexity index is 662. The molecule has 0 atom stereocenters. The van der Waals surface area contributed by atoms with Crippen LogP contribution < -0.4 is 20.3 Å². The van der Waals surface area contributed by atoms with Gasteiger partial charge in [-0.25, -0.2) is 4.79 Å². The number of ether oxygens (including phenoxy) is 1. The number of hydrogen-bond donors (Lipinski definition) is 2. The zero-order chi connectivity index (χ0) is 16.7. The van der Waals surface area contributed by atoms with Crippen molar-refractivity contribution in [3.63, 3.8) is 0 Å². The van der Waals surface area contributed by atoms with E-state index < -0.39 is 0 Å². The van der Waals surface area contributed by atoms with Gasteiger partial charge in [0.1, 0.15) is 12.4 Å². The van der Waals surface area contributed by atoms with Gasteiger partial charge in [0, 0.05) is 19.1 Å². The molecule has 23 heavy (non-hydrogen) atoms. The first-order valence-corrected chi connectivity index (χ1v) is 7.63. The zero-order valence-corrected chi connectivity index (χ0v) is 13.9. The highest BCUT2D eigenvalue weighted by Crippen LogP contribution is 2.23. The number of anilines is 2. The molecule has 2 aromatic carbocycles. The number of carbonyl (C=O) groups is 1. The van der Waals surface area contributed by atoms with E-state index in [2.05, 4.69) is 10.6 Å². The molecule has 2 aromatic rings. The number of benzene rings is 2. The summed E-state index contributed by atoms with van der Waals surface area (Å²) in [7, 11) is 3.86. The first-order valence-electron chi connectivity index (χ1n) is 7.26. The second-order valence-electron chi connectivity index (χ2n) is 5.10. The average Bonchev–Trinajstić information content (AvgIpc) is 2.52. The Morgan fingerprint density at radius 2 is 1.96 bits per heavy atom. The summed E-state index contributed by atoms with van der Waals surface area (Å²) < 4.78 is 5.51. The number of urea groups is 1. The van der Waals surface area contributed by atoms with Crippen LogP contribution in [0.15, 0.2) is 48.5 Å². The molecule has 0 radical (unpaired) electrons. The summed E-state index contributed by atoms with van der Waals surface area (Å²) in [4.78, 5) is 13.9. The van der Waals surface area contributed by atoms with Crippen LogP contribution in [0.25, 0.3) is 0 Å². The molecule has 2 N–H and O–H groups in total. The highest BCUT2D eigenvalue weighted by atomic mass is 35.5. The monoisotopic (exact) mass is 333 g/mol. The molecular weight excluding hydrogens is 314 g/mol. The maximum absolute atomic E-state index is 11.9. The van der Waals surface area contributed by atoms with E-state index in [1.54, 1.807) is 12.1 Å². The predicted molar refractivity (Wildman–Crippen MR) is 94.7 cm³/mol. The third kappa shape index (κ3) is 5.38. The van der Waals surface area contributed by atoms with Crippen LogP contribution in [-0.4, -0.2) is 33.3 Å². The number of hydrogen-bond acceptors (Lipinski definition) is 3.